The first-order chi connectivity index (χ1) is 18.3. The van der Waals surface area contributed by atoms with Crippen molar-refractivity contribution in [3.05, 3.63) is 59.7 Å². The average molecular weight is 538 g/mol. The Kier molecular flexibility index (Phi) is 9.64. The lowest BCUT2D eigenvalue weighted by molar-refractivity contribution is -0.142. The SMILES string of the molecule is CCC(C)C(NC(=O)OC(C)(C)C)C(=O)N(C(C(=O)Nc1ccc(OC)cc1)c1cccc(C)c1)C1CC1C. The van der Waals surface area contributed by atoms with Crippen molar-refractivity contribution in [2.75, 3.05) is 12.4 Å². The van der Waals surface area contributed by atoms with Crippen LogP contribution in [0.15, 0.2) is 48.5 Å². The number of alkyl carbamates (subject to hydrolysis) is 1. The van der Waals surface area contributed by atoms with Crippen LogP contribution in [0.4, 0.5) is 10.5 Å². The molecule has 1 saturated carbocycles. The molecule has 0 aliphatic heterocycles. The van der Waals surface area contributed by atoms with E-state index in [0.29, 0.717) is 23.4 Å². The van der Waals surface area contributed by atoms with E-state index >= 15 is 0 Å². The van der Waals surface area contributed by atoms with Crippen LogP contribution < -0.4 is 15.4 Å². The molecule has 2 aromatic carbocycles. The summed E-state index contributed by atoms with van der Waals surface area (Å²) in [4.78, 5) is 42.8. The van der Waals surface area contributed by atoms with Crippen LogP contribution in [0.25, 0.3) is 0 Å². The molecule has 212 valence electrons. The van der Waals surface area contributed by atoms with Gasteiger partial charge >= 0.3 is 6.09 Å². The van der Waals surface area contributed by atoms with E-state index in [4.69, 9.17) is 9.47 Å². The fourth-order valence-corrected chi connectivity index (χ4v) is 4.61. The Balaban J connectivity index is 2.02. The molecule has 0 heterocycles. The Morgan fingerprint density at radius 3 is 2.26 bits per heavy atom. The van der Waals surface area contributed by atoms with Crippen LogP contribution in [-0.2, 0) is 14.3 Å². The lowest BCUT2D eigenvalue weighted by Crippen LogP contribution is -2.55. The Bertz CT molecular complexity index is 1160. The molecule has 2 N–H and O–H groups in total. The van der Waals surface area contributed by atoms with Gasteiger partial charge in [-0.1, -0.05) is 57.0 Å². The lowest BCUT2D eigenvalue weighted by Gasteiger charge is -2.36. The number of carbonyl (C=O) groups excluding carboxylic acids is 3. The van der Waals surface area contributed by atoms with E-state index in [1.165, 1.54) is 0 Å². The number of amides is 3. The van der Waals surface area contributed by atoms with Crippen LogP contribution in [0.3, 0.4) is 0 Å². The minimum atomic E-state index is -0.888. The van der Waals surface area contributed by atoms with Crippen LogP contribution in [0.5, 0.6) is 5.75 Å². The van der Waals surface area contributed by atoms with Gasteiger partial charge in [-0.05, 0) is 75.8 Å². The number of benzene rings is 2. The fraction of sp³-hybridized carbons (Fsp3) is 0.516. The molecule has 1 fully saturated rings. The van der Waals surface area contributed by atoms with Crippen LogP contribution in [0.2, 0.25) is 0 Å². The smallest absolute Gasteiger partial charge is 0.408 e. The number of hydrogen-bond acceptors (Lipinski definition) is 5. The topological polar surface area (TPSA) is 97.0 Å². The number of nitrogens with one attached hydrogen (secondary N) is 2. The van der Waals surface area contributed by atoms with E-state index in [2.05, 4.69) is 17.6 Å². The highest BCUT2D eigenvalue weighted by atomic mass is 16.6. The highest BCUT2D eigenvalue weighted by Crippen LogP contribution is 2.41. The van der Waals surface area contributed by atoms with Gasteiger partial charge in [0.25, 0.3) is 5.91 Å². The highest BCUT2D eigenvalue weighted by Gasteiger charge is 2.49. The molecule has 5 atom stereocenters. The molecule has 1 aliphatic rings. The van der Waals surface area contributed by atoms with Crippen molar-refractivity contribution in [3.63, 3.8) is 0 Å². The number of nitrogens with zero attached hydrogens (tertiary/aromatic N) is 1. The van der Waals surface area contributed by atoms with Crippen molar-refractivity contribution in [3.8, 4) is 5.75 Å². The van der Waals surface area contributed by atoms with Crippen LogP contribution in [-0.4, -0.2) is 47.6 Å². The van der Waals surface area contributed by atoms with Crippen molar-refractivity contribution >= 4 is 23.6 Å². The summed E-state index contributed by atoms with van der Waals surface area (Å²) >= 11 is 0. The van der Waals surface area contributed by atoms with Gasteiger partial charge in [-0.2, -0.15) is 0 Å². The highest BCUT2D eigenvalue weighted by molar-refractivity contribution is 5.99. The predicted molar refractivity (Wildman–Crippen MR) is 153 cm³/mol. The second-order valence-electron chi connectivity index (χ2n) is 11.6. The number of rotatable bonds is 10. The fourth-order valence-electron chi connectivity index (χ4n) is 4.61. The molecular weight excluding hydrogens is 494 g/mol. The van der Waals surface area contributed by atoms with Gasteiger partial charge in [-0.25, -0.2) is 4.79 Å². The van der Waals surface area contributed by atoms with E-state index in [1.807, 2.05) is 45.0 Å². The molecule has 3 rings (SSSR count). The number of anilines is 1. The van der Waals surface area contributed by atoms with Gasteiger partial charge in [0.1, 0.15) is 23.4 Å². The Labute approximate surface area is 232 Å². The van der Waals surface area contributed by atoms with Crippen LogP contribution in [0.1, 0.15) is 71.6 Å². The average Bonchev–Trinajstić information content (AvgIpc) is 3.59. The molecule has 0 bridgehead atoms. The summed E-state index contributed by atoms with van der Waals surface area (Å²) in [7, 11) is 1.58. The first-order valence-corrected chi connectivity index (χ1v) is 13.7. The molecule has 0 radical (unpaired) electrons. The van der Waals surface area contributed by atoms with E-state index in [-0.39, 0.29) is 29.7 Å². The number of hydrogen-bond donors (Lipinski definition) is 2. The number of ether oxygens (including phenoxy) is 2. The Hall–Kier alpha value is -3.55. The first kappa shape index (κ1) is 30.0. The second-order valence-corrected chi connectivity index (χ2v) is 11.6. The summed E-state index contributed by atoms with van der Waals surface area (Å²) in [6.07, 6.45) is 0.788. The van der Waals surface area contributed by atoms with Gasteiger partial charge in [0, 0.05) is 11.7 Å². The van der Waals surface area contributed by atoms with Crippen LogP contribution in [0, 0.1) is 18.8 Å². The summed E-state index contributed by atoms with van der Waals surface area (Å²) in [6.45, 7) is 13.3. The monoisotopic (exact) mass is 537 g/mol. The molecule has 0 saturated heterocycles. The number of methoxy groups -OCH3 is 1. The number of aryl methyl sites for hydroxylation is 1. The van der Waals surface area contributed by atoms with Gasteiger partial charge < -0.3 is 25.0 Å². The molecule has 3 amide bonds. The lowest BCUT2D eigenvalue weighted by atomic mass is 9.95. The minimum absolute atomic E-state index is 0.128. The number of carbonyl (C=O) groups is 3. The van der Waals surface area contributed by atoms with Crippen molar-refractivity contribution in [1.29, 1.82) is 0 Å². The van der Waals surface area contributed by atoms with E-state index in [0.717, 1.165) is 12.0 Å². The van der Waals surface area contributed by atoms with Crippen molar-refractivity contribution in [2.24, 2.45) is 11.8 Å². The zero-order valence-electron chi connectivity index (χ0n) is 24.4. The van der Waals surface area contributed by atoms with Gasteiger partial charge in [-0.3, -0.25) is 9.59 Å². The summed E-state index contributed by atoms with van der Waals surface area (Å²) in [5, 5.41) is 5.82. The predicted octanol–water partition coefficient (Wildman–Crippen LogP) is 5.86. The molecule has 1 aliphatic carbocycles. The maximum Gasteiger partial charge on any atom is 0.408 e. The third kappa shape index (κ3) is 7.97. The molecule has 2 aromatic rings. The van der Waals surface area contributed by atoms with Crippen molar-refractivity contribution < 1.29 is 23.9 Å². The van der Waals surface area contributed by atoms with E-state index in [9.17, 15) is 14.4 Å². The van der Waals surface area contributed by atoms with Gasteiger partial charge in [-0.15, -0.1) is 0 Å². The largest absolute Gasteiger partial charge is 0.497 e. The summed E-state index contributed by atoms with van der Waals surface area (Å²) in [5.41, 5.74) is 1.59. The molecule has 0 aromatic heterocycles. The van der Waals surface area contributed by atoms with Gasteiger partial charge in [0.2, 0.25) is 5.91 Å². The van der Waals surface area contributed by atoms with E-state index < -0.39 is 23.8 Å². The zero-order chi connectivity index (χ0) is 28.9. The second kappa shape index (κ2) is 12.5. The molecule has 0 spiro atoms. The maximum atomic E-state index is 14.4. The normalized spacial score (nSPS) is 18.8. The summed E-state index contributed by atoms with van der Waals surface area (Å²) in [6, 6.07) is 12.9. The molecular formula is C31H43N3O5. The standard InChI is InChI=1S/C31H43N3O5/c1-9-20(3)26(33-30(37)39-31(5,6)7)29(36)34(25-18-21(25)4)27(22-12-10-11-19(2)17-22)28(35)32-23-13-15-24(38-8)16-14-23/h10-17,20-21,25-27H,9,18H2,1-8H3,(H,32,35)(H,33,37). The molecule has 8 heteroatoms. The van der Waals surface area contributed by atoms with Gasteiger partial charge in [0.05, 0.1) is 7.11 Å². The van der Waals surface area contributed by atoms with Crippen LogP contribution >= 0.6 is 0 Å². The van der Waals surface area contributed by atoms with Gasteiger partial charge in [0.15, 0.2) is 0 Å². The Morgan fingerprint density at radius 1 is 1.10 bits per heavy atom. The van der Waals surface area contributed by atoms with Crippen molar-refractivity contribution in [2.45, 2.75) is 85.0 Å². The Morgan fingerprint density at radius 2 is 1.74 bits per heavy atom. The third-order valence-corrected chi connectivity index (χ3v) is 7.07. The quantitative estimate of drug-likeness (QED) is 0.396. The van der Waals surface area contributed by atoms with Crippen molar-refractivity contribution in [1.82, 2.24) is 10.2 Å². The summed E-state index contributed by atoms with van der Waals surface area (Å²) < 4.78 is 10.7. The third-order valence-electron chi connectivity index (χ3n) is 7.07. The maximum absolute atomic E-state index is 14.4. The molecule has 39 heavy (non-hydrogen) atoms. The zero-order valence-corrected chi connectivity index (χ0v) is 24.4. The minimum Gasteiger partial charge on any atom is -0.497 e. The van der Waals surface area contributed by atoms with E-state index in [1.54, 1.807) is 57.0 Å². The summed E-state index contributed by atoms with van der Waals surface area (Å²) in [5.74, 6) is 0.120. The first-order valence-electron chi connectivity index (χ1n) is 13.7. The molecule has 8 nitrogen and oxygen atoms in total. The molecule has 5 unspecified atom stereocenters.